The molecule has 1 aliphatic carbocycles. The van der Waals surface area contributed by atoms with Crippen LogP contribution in [0, 0.1) is 5.92 Å². The smallest absolute Gasteiger partial charge is 0.407 e. The predicted octanol–water partition coefficient (Wildman–Crippen LogP) is 3.02. The molecule has 2 amide bonds. The number of unbranched alkanes of at least 4 members (excludes halogenated alkanes) is 2. The lowest BCUT2D eigenvalue weighted by molar-refractivity contribution is -0.145. The molecule has 1 saturated carbocycles. The fourth-order valence-corrected chi connectivity index (χ4v) is 3.42. The second kappa shape index (κ2) is 17.9. The Morgan fingerprint density at radius 1 is 1.09 bits per heavy atom. The van der Waals surface area contributed by atoms with Crippen LogP contribution in [0.25, 0.3) is 0 Å². The fraction of sp³-hybridized carbons (Fsp3) is 0.760. The number of ether oxygens (including phenoxy) is 3. The number of nitrogens with one attached hydrogen (secondary N) is 2. The van der Waals surface area contributed by atoms with E-state index in [2.05, 4.69) is 26.7 Å². The molecule has 3 N–H and O–H groups in total. The zero-order valence-electron chi connectivity index (χ0n) is 21.9. The standard InChI is InChI=1S/C21H38N2O5.C4H6O3/c1-15(2)18(24)12-7-6-8-13-28-21(3,4)19(25)22-16-10-9-11-17(14-16)23-20(26)27-5;1-2-4(6)7-3-5/h15-17H,6-14H2,1-5H3,(H,22,25)(H,23,26);2,5H,1,3H2. The van der Waals surface area contributed by atoms with Gasteiger partial charge in [-0.15, -0.1) is 0 Å². The zero-order valence-corrected chi connectivity index (χ0v) is 21.9. The SMILES string of the molecule is C=CC(=O)OCO.COC(=O)NC1CCCC(NC(=O)C(C)(C)OCCCCCC(=O)C(C)C)C1. The van der Waals surface area contributed by atoms with Gasteiger partial charge >= 0.3 is 12.1 Å². The average Bonchev–Trinajstić information content (AvgIpc) is 2.81. The summed E-state index contributed by atoms with van der Waals surface area (Å²) in [7, 11) is 1.35. The van der Waals surface area contributed by atoms with Gasteiger partial charge in [-0.3, -0.25) is 9.59 Å². The Hall–Kier alpha value is -2.46. The molecule has 35 heavy (non-hydrogen) atoms. The lowest BCUT2D eigenvalue weighted by atomic mass is 9.90. The van der Waals surface area contributed by atoms with Crippen LogP contribution in [0.15, 0.2) is 12.7 Å². The molecule has 0 saturated heterocycles. The normalized spacial score (nSPS) is 17.5. The molecular weight excluding hydrogens is 456 g/mol. The summed E-state index contributed by atoms with van der Waals surface area (Å²) >= 11 is 0. The van der Waals surface area contributed by atoms with Crippen LogP contribution in [-0.2, 0) is 28.6 Å². The van der Waals surface area contributed by atoms with E-state index >= 15 is 0 Å². The van der Waals surface area contributed by atoms with Gasteiger partial charge in [0.05, 0.1) is 7.11 Å². The van der Waals surface area contributed by atoms with Gasteiger partial charge in [0.2, 0.25) is 0 Å². The van der Waals surface area contributed by atoms with E-state index in [1.165, 1.54) is 7.11 Å². The molecule has 10 nitrogen and oxygen atoms in total. The number of ketones is 1. The number of esters is 1. The molecule has 0 aromatic heterocycles. The Bertz CT molecular complexity index is 678. The number of aliphatic hydroxyl groups excluding tert-OH is 1. The van der Waals surface area contributed by atoms with E-state index < -0.39 is 24.5 Å². The van der Waals surface area contributed by atoms with Gasteiger partial charge in [-0.05, 0) is 52.4 Å². The maximum Gasteiger partial charge on any atom is 0.407 e. The summed E-state index contributed by atoms with van der Waals surface area (Å²) in [5.41, 5.74) is -0.906. The van der Waals surface area contributed by atoms with E-state index in [4.69, 9.17) is 9.84 Å². The van der Waals surface area contributed by atoms with Gasteiger partial charge in [-0.1, -0.05) is 26.8 Å². The van der Waals surface area contributed by atoms with Gasteiger partial charge in [0, 0.05) is 37.1 Å². The Morgan fingerprint density at radius 3 is 2.23 bits per heavy atom. The molecule has 0 bridgehead atoms. The third-order valence-corrected chi connectivity index (χ3v) is 5.61. The monoisotopic (exact) mass is 500 g/mol. The molecule has 1 fully saturated rings. The van der Waals surface area contributed by atoms with Crippen LogP contribution in [0.5, 0.6) is 0 Å². The van der Waals surface area contributed by atoms with Crippen LogP contribution >= 0.6 is 0 Å². The summed E-state index contributed by atoms with van der Waals surface area (Å²) in [6.07, 6.45) is 7.19. The first-order valence-electron chi connectivity index (χ1n) is 12.2. The van der Waals surface area contributed by atoms with E-state index in [9.17, 15) is 19.2 Å². The van der Waals surface area contributed by atoms with Crippen molar-refractivity contribution >= 4 is 23.8 Å². The predicted molar refractivity (Wildman–Crippen MR) is 131 cm³/mol. The second-order valence-corrected chi connectivity index (χ2v) is 9.26. The highest BCUT2D eigenvalue weighted by molar-refractivity contribution is 5.84. The molecule has 2 unspecified atom stereocenters. The summed E-state index contributed by atoms with van der Waals surface area (Å²) in [5, 5.41) is 13.7. The Labute approximate surface area is 209 Å². The molecule has 202 valence electrons. The molecule has 10 heteroatoms. The quantitative estimate of drug-likeness (QED) is 0.152. The van der Waals surface area contributed by atoms with Crippen molar-refractivity contribution in [3.05, 3.63) is 12.7 Å². The largest absolute Gasteiger partial charge is 0.453 e. The highest BCUT2D eigenvalue weighted by atomic mass is 16.6. The van der Waals surface area contributed by atoms with E-state index in [0.717, 1.165) is 44.6 Å². The van der Waals surface area contributed by atoms with Gasteiger partial charge in [-0.2, -0.15) is 0 Å². The number of amides is 2. The number of Topliss-reactive ketones (excluding diaryl/α,β-unsaturated/α-hetero) is 1. The third kappa shape index (κ3) is 15.2. The molecule has 1 aliphatic rings. The highest BCUT2D eigenvalue weighted by Crippen LogP contribution is 2.20. The number of carbonyl (C=O) groups excluding carboxylic acids is 4. The van der Waals surface area contributed by atoms with Crippen molar-refractivity contribution < 1.29 is 38.5 Å². The summed E-state index contributed by atoms with van der Waals surface area (Å²) < 4.78 is 14.4. The minimum Gasteiger partial charge on any atom is -0.453 e. The van der Waals surface area contributed by atoms with Gasteiger partial charge in [0.15, 0.2) is 6.79 Å². The topological polar surface area (TPSA) is 140 Å². The zero-order chi connectivity index (χ0) is 26.9. The lowest BCUT2D eigenvalue weighted by Gasteiger charge is -2.33. The number of carbonyl (C=O) groups is 4. The minimum absolute atomic E-state index is 0.0177. The molecule has 0 aromatic carbocycles. The van der Waals surface area contributed by atoms with E-state index in [-0.39, 0.29) is 23.9 Å². The van der Waals surface area contributed by atoms with E-state index in [1.54, 1.807) is 13.8 Å². The third-order valence-electron chi connectivity index (χ3n) is 5.61. The minimum atomic E-state index is -0.906. The Balaban J connectivity index is 0.00000143. The maximum atomic E-state index is 12.6. The van der Waals surface area contributed by atoms with Crippen LogP contribution in [0.2, 0.25) is 0 Å². The molecular formula is C25H44N2O8. The van der Waals surface area contributed by atoms with Gasteiger partial charge < -0.3 is 30.0 Å². The Kier molecular flexibility index (Phi) is 16.6. The van der Waals surface area contributed by atoms with Crippen LogP contribution in [0.1, 0.15) is 79.1 Å². The number of methoxy groups -OCH3 is 1. The first-order chi connectivity index (χ1) is 16.5. The Morgan fingerprint density at radius 2 is 1.71 bits per heavy atom. The highest BCUT2D eigenvalue weighted by Gasteiger charge is 2.32. The van der Waals surface area contributed by atoms with Crippen LogP contribution in [0.4, 0.5) is 4.79 Å². The average molecular weight is 501 g/mol. The molecule has 1 rings (SSSR count). The number of aliphatic hydroxyl groups is 1. The molecule has 0 aliphatic heterocycles. The van der Waals surface area contributed by atoms with Crippen molar-refractivity contribution in [3.8, 4) is 0 Å². The number of alkyl carbamates (subject to hydrolysis) is 1. The summed E-state index contributed by atoms with van der Waals surface area (Å²) in [6, 6.07) is 0.0393. The maximum absolute atomic E-state index is 12.6. The first-order valence-corrected chi connectivity index (χ1v) is 12.2. The number of hydrogen-bond acceptors (Lipinski definition) is 8. The molecule has 0 aromatic rings. The second-order valence-electron chi connectivity index (χ2n) is 9.26. The fourth-order valence-electron chi connectivity index (χ4n) is 3.42. The first kappa shape index (κ1) is 32.5. The van der Waals surface area contributed by atoms with Gasteiger partial charge in [0.1, 0.15) is 11.4 Å². The van der Waals surface area contributed by atoms with Crippen LogP contribution in [-0.4, -0.2) is 67.1 Å². The van der Waals surface area contributed by atoms with Crippen LogP contribution < -0.4 is 10.6 Å². The summed E-state index contributed by atoms with van der Waals surface area (Å²) in [4.78, 5) is 45.5. The van der Waals surface area contributed by atoms with Crippen molar-refractivity contribution in [2.24, 2.45) is 5.92 Å². The van der Waals surface area contributed by atoms with Crippen molar-refractivity contribution in [2.45, 2.75) is 96.7 Å². The van der Waals surface area contributed by atoms with Crippen molar-refractivity contribution in [1.82, 2.24) is 10.6 Å². The lowest BCUT2D eigenvalue weighted by Crippen LogP contribution is -2.51. The number of rotatable bonds is 13. The van der Waals surface area contributed by atoms with Crippen molar-refractivity contribution in [3.63, 3.8) is 0 Å². The number of hydrogen-bond donors (Lipinski definition) is 3. The van der Waals surface area contributed by atoms with Gasteiger partial charge in [-0.25, -0.2) is 9.59 Å². The summed E-state index contributed by atoms with van der Waals surface area (Å²) in [6.45, 7) is 10.4. The van der Waals surface area contributed by atoms with Gasteiger partial charge in [0.25, 0.3) is 5.91 Å². The van der Waals surface area contributed by atoms with Crippen molar-refractivity contribution in [1.29, 1.82) is 0 Å². The van der Waals surface area contributed by atoms with Crippen molar-refractivity contribution in [2.75, 3.05) is 20.5 Å². The summed E-state index contributed by atoms with van der Waals surface area (Å²) in [5.74, 6) is -0.345. The molecule has 2 atom stereocenters. The molecule has 0 heterocycles. The molecule has 0 spiro atoms. The van der Waals surface area contributed by atoms with E-state index in [1.807, 2.05) is 13.8 Å². The van der Waals surface area contributed by atoms with E-state index in [0.29, 0.717) is 25.2 Å². The molecule has 0 radical (unpaired) electrons. The van der Waals surface area contributed by atoms with Crippen LogP contribution in [0.3, 0.4) is 0 Å².